The Kier molecular flexibility index (Phi) is 7.37. The van der Waals surface area contributed by atoms with Crippen molar-refractivity contribution in [2.24, 2.45) is 5.10 Å². The minimum absolute atomic E-state index is 0.0186. The van der Waals surface area contributed by atoms with Crippen LogP contribution in [0.15, 0.2) is 88.4 Å². The highest BCUT2D eigenvalue weighted by atomic mass is 79.9. The van der Waals surface area contributed by atoms with Crippen LogP contribution in [0.1, 0.15) is 21.5 Å². The Morgan fingerprint density at radius 2 is 1.80 bits per heavy atom. The average Bonchev–Trinajstić information content (AvgIpc) is 2.88. The Morgan fingerprint density at radius 1 is 1.06 bits per heavy atom. The molecule has 35 heavy (non-hydrogen) atoms. The number of fused-ring (bicyclic) bond motifs is 1. The first kappa shape index (κ1) is 23.9. The van der Waals surface area contributed by atoms with Crippen LogP contribution >= 0.6 is 15.9 Å². The lowest BCUT2D eigenvalue weighted by atomic mass is 10.0. The van der Waals surface area contributed by atoms with Gasteiger partial charge in [-0.15, -0.1) is 0 Å². The Morgan fingerprint density at radius 3 is 2.54 bits per heavy atom. The molecule has 8 nitrogen and oxygen atoms in total. The van der Waals surface area contributed by atoms with E-state index in [2.05, 4.69) is 26.5 Å². The third-order valence-electron chi connectivity index (χ3n) is 5.24. The lowest BCUT2D eigenvalue weighted by Crippen LogP contribution is -2.18. The molecule has 0 aliphatic rings. The van der Waals surface area contributed by atoms with Crippen molar-refractivity contribution in [1.29, 1.82) is 0 Å². The molecule has 9 heteroatoms. The Balaban J connectivity index is 1.58. The van der Waals surface area contributed by atoms with Crippen LogP contribution in [0.3, 0.4) is 0 Å². The number of nitrogens with one attached hydrogen (secondary N) is 1. The number of methoxy groups -OCH3 is 1. The molecule has 0 radical (unpaired) electrons. The van der Waals surface area contributed by atoms with Gasteiger partial charge in [-0.3, -0.25) is 14.9 Å². The third-order valence-corrected chi connectivity index (χ3v) is 5.73. The minimum atomic E-state index is -0.444. The number of amides is 1. The van der Waals surface area contributed by atoms with Crippen LogP contribution in [-0.2, 0) is 6.61 Å². The number of carbonyl (C=O) groups is 1. The molecule has 0 unspecified atom stereocenters. The van der Waals surface area contributed by atoms with Crippen LogP contribution in [0.5, 0.6) is 11.5 Å². The van der Waals surface area contributed by atoms with E-state index in [9.17, 15) is 14.9 Å². The van der Waals surface area contributed by atoms with Gasteiger partial charge < -0.3 is 9.47 Å². The van der Waals surface area contributed by atoms with Gasteiger partial charge >= 0.3 is 0 Å². The van der Waals surface area contributed by atoms with Crippen molar-refractivity contribution >= 4 is 44.5 Å². The van der Waals surface area contributed by atoms with E-state index in [0.717, 1.165) is 20.8 Å². The summed E-state index contributed by atoms with van der Waals surface area (Å²) < 4.78 is 12.0. The van der Waals surface area contributed by atoms with Gasteiger partial charge in [-0.05, 0) is 52.7 Å². The standard InChI is InChI=1S/C26H20BrN3O5/c1-34-24-13-9-19(27)14-22(24)26(31)29-28-15-23-21-5-3-2-4-18(21)8-12-25(23)35-16-17-6-10-20(11-7-17)30(32)33/h2-15H,16H2,1H3,(H,29,31)/b28-15-. The predicted octanol–water partition coefficient (Wildman–Crippen LogP) is 5.86. The zero-order valence-corrected chi connectivity index (χ0v) is 20.2. The molecular formula is C26H20BrN3O5. The van der Waals surface area contributed by atoms with Crippen molar-refractivity contribution in [1.82, 2.24) is 5.43 Å². The Hall–Kier alpha value is -4.24. The van der Waals surface area contributed by atoms with Gasteiger partial charge in [0.25, 0.3) is 11.6 Å². The molecular weight excluding hydrogens is 514 g/mol. The summed E-state index contributed by atoms with van der Waals surface area (Å²) in [6, 6.07) is 22.8. The number of benzene rings is 4. The van der Waals surface area contributed by atoms with Gasteiger partial charge in [0.2, 0.25) is 0 Å². The summed E-state index contributed by atoms with van der Waals surface area (Å²) in [6.45, 7) is 0.207. The van der Waals surface area contributed by atoms with E-state index in [1.54, 1.807) is 30.3 Å². The third kappa shape index (κ3) is 5.64. The van der Waals surface area contributed by atoms with Crippen molar-refractivity contribution < 1.29 is 19.2 Å². The summed E-state index contributed by atoms with van der Waals surface area (Å²) in [6.07, 6.45) is 1.54. The molecule has 0 saturated heterocycles. The number of hydrazone groups is 1. The maximum Gasteiger partial charge on any atom is 0.275 e. The summed E-state index contributed by atoms with van der Waals surface area (Å²) >= 11 is 3.36. The number of hydrogen-bond donors (Lipinski definition) is 1. The largest absolute Gasteiger partial charge is 0.496 e. The Bertz CT molecular complexity index is 1420. The van der Waals surface area contributed by atoms with Crippen molar-refractivity contribution in [2.75, 3.05) is 7.11 Å². The molecule has 1 N–H and O–H groups in total. The highest BCUT2D eigenvalue weighted by Crippen LogP contribution is 2.28. The molecule has 0 aromatic heterocycles. The first-order valence-electron chi connectivity index (χ1n) is 10.5. The average molecular weight is 534 g/mol. The van der Waals surface area contributed by atoms with Gasteiger partial charge in [-0.25, -0.2) is 5.43 Å². The zero-order chi connectivity index (χ0) is 24.8. The molecule has 0 aliphatic carbocycles. The van der Waals surface area contributed by atoms with E-state index in [4.69, 9.17) is 9.47 Å². The van der Waals surface area contributed by atoms with Crippen molar-refractivity contribution in [3.63, 3.8) is 0 Å². The van der Waals surface area contributed by atoms with Crippen LogP contribution in [0, 0.1) is 10.1 Å². The van der Waals surface area contributed by atoms with Crippen LogP contribution in [0.2, 0.25) is 0 Å². The van der Waals surface area contributed by atoms with Gasteiger partial charge in [-0.1, -0.05) is 46.3 Å². The number of nitrogens with zero attached hydrogens (tertiary/aromatic N) is 2. The van der Waals surface area contributed by atoms with Crippen molar-refractivity contribution in [3.05, 3.63) is 110 Å². The van der Waals surface area contributed by atoms with E-state index in [-0.39, 0.29) is 12.3 Å². The number of rotatable bonds is 8. The summed E-state index contributed by atoms with van der Waals surface area (Å²) in [7, 11) is 1.49. The number of carbonyl (C=O) groups excluding carboxylic acids is 1. The van der Waals surface area contributed by atoms with E-state index in [1.165, 1.54) is 25.5 Å². The second-order valence-electron chi connectivity index (χ2n) is 7.45. The number of non-ortho nitro benzene ring substituents is 1. The minimum Gasteiger partial charge on any atom is -0.496 e. The molecule has 0 atom stereocenters. The first-order chi connectivity index (χ1) is 17.0. The van der Waals surface area contributed by atoms with Crippen molar-refractivity contribution in [2.45, 2.75) is 6.61 Å². The SMILES string of the molecule is COc1ccc(Br)cc1C(=O)N/N=C\c1c(OCc2ccc([N+](=O)[O-])cc2)ccc2ccccc12. The highest BCUT2D eigenvalue weighted by molar-refractivity contribution is 9.10. The molecule has 4 aromatic rings. The molecule has 0 fully saturated rings. The smallest absolute Gasteiger partial charge is 0.275 e. The Labute approximate surface area is 209 Å². The quantitative estimate of drug-likeness (QED) is 0.173. The number of nitro benzene ring substituents is 1. The van der Waals surface area contributed by atoms with Crippen LogP contribution < -0.4 is 14.9 Å². The van der Waals surface area contributed by atoms with E-state index >= 15 is 0 Å². The predicted molar refractivity (Wildman–Crippen MR) is 137 cm³/mol. The fraction of sp³-hybridized carbons (Fsp3) is 0.0769. The highest BCUT2D eigenvalue weighted by Gasteiger charge is 2.13. The maximum absolute atomic E-state index is 12.7. The molecule has 0 saturated carbocycles. The molecule has 4 aromatic carbocycles. The molecule has 0 heterocycles. The number of halogens is 1. The molecule has 176 valence electrons. The van der Waals surface area contributed by atoms with E-state index in [0.29, 0.717) is 22.6 Å². The van der Waals surface area contributed by atoms with Crippen LogP contribution in [0.25, 0.3) is 10.8 Å². The normalized spacial score (nSPS) is 10.9. The van der Waals surface area contributed by atoms with Gasteiger partial charge in [-0.2, -0.15) is 5.10 Å². The van der Waals surface area contributed by atoms with Crippen molar-refractivity contribution in [3.8, 4) is 11.5 Å². The van der Waals surface area contributed by atoms with Crippen LogP contribution in [-0.4, -0.2) is 24.2 Å². The summed E-state index contributed by atoms with van der Waals surface area (Å²) in [5.74, 6) is 0.561. The number of ether oxygens (including phenoxy) is 2. The lowest BCUT2D eigenvalue weighted by Gasteiger charge is -2.12. The first-order valence-corrected chi connectivity index (χ1v) is 11.3. The lowest BCUT2D eigenvalue weighted by molar-refractivity contribution is -0.384. The van der Waals surface area contributed by atoms with Gasteiger partial charge in [0.15, 0.2) is 0 Å². The van der Waals surface area contributed by atoms with Crippen LogP contribution in [0.4, 0.5) is 5.69 Å². The fourth-order valence-electron chi connectivity index (χ4n) is 3.48. The topological polar surface area (TPSA) is 103 Å². The molecule has 1 amide bonds. The monoisotopic (exact) mass is 533 g/mol. The second-order valence-corrected chi connectivity index (χ2v) is 8.37. The van der Waals surface area contributed by atoms with Gasteiger partial charge in [0, 0.05) is 22.2 Å². The maximum atomic E-state index is 12.7. The van der Waals surface area contributed by atoms with E-state index < -0.39 is 10.8 Å². The number of hydrogen-bond acceptors (Lipinski definition) is 6. The fourth-order valence-corrected chi connectivity index (χ4v) is 3.84. The van der Waals surface area contributed by atoms with Gasteiger partial charge in [0.1, 0.15) is 18.1 Å². The summed E-state index contributed by atoms with van der Waals surface area (Å²) in [4.78, 5) is 23.1. The second kappa shape index (κ2) is 10.8. The van der Waals surface area contributed by atoms with Gasteiger partial charge in [0.05, 0.1) is 23.8 Å². The molecule has 0 aliphatic heterocycles. The molecule has 0 spiro atoms. The van der Waals surface area contributed by atoms with E-state index in [1.807, 2.05) is 36.4 Å². The zero-order valence-electron chi connectivity index (χ0n) is 18.6. The summed E-state index contributed by atoms with van der Waals surface area (Å²) in [5, 5.41) is 16.9. The molecule has 4 rings (SSSR count). The molecule has 0 bridgehead atoms. The number of nitro groups is 1. The summed E-state index contributed by atoms with van der Waals surface area (Å²) in [5.41, 5.74) is 4.37.